The third-order valence-corrected chi connectivity index (χ3v) is 4.68. The van der Waals surface area contributed by atoms with Crippen LogP contribution in [0.4, 0.5) is 23.1 Å². The average molecular weight is 382 g/mol. The fraction of sp³-hybridized carbons (Fsp3) is 0.176. The van der Waals surface area contributed by atoms with Crippen molar-refractivity contribution in [3.8, 4) is 0 Å². The summed E-state index contributed by atoms with van der Waals surface area (Å²) in [6, 6.07) is 6.12. The first-order valence-electron chi connectivity index (χ1n) is 8.30. The van der Waals surface area contributed by atoms with Crippen molar-refractivity contribution in [2.45, 2.75) is 13.1 Å². The van der Waals surface area contributed by atoms with Gasteiger partial charge >= 0.3 is 0 Å². The normalized spacial score (nSPS) is 11.0. The largest absolute Gasteiger partial charge is 0.394 e. The summed E-state index contributed by atoms with van der Waals surface area (Å²) in [5, 5.41) is 19.5. The monoisotopic (exact) mass is 382 g/mol. The van der Waals surface area contributed by atoms with Crippen molar-refractivity contribution in [1.29, 1.82) is 0 Å². The van der Waals surface area contributed by atoms with Crippen LogP contribution in [0.5, 0.6) is 0 Å². The molecule has 0 unspecified atom stereocenters. The third-order valence-electron chi connectivity index (χ3n) is 3.89. The highest BCUT2D eigenvalue weighted by Crippen LogP contribution is 2.22. The number of nitrogen functional groups attached to an aromatic ring is 1. The van der Waals surface area contributed by atoms with Gasteiger partial charge in [-0.1, -0.05) is 6.07 Å². The van der Waals surface area contributed by atoms with Crippen LogP contribution >= 0.6 is 11.3 Å². The Bertz CT molecular complexity index is 1060. The number of thiazole rings is 1. The van der Waals surface area contributed by atoms with Crippen molar-refractivity contribution in [2.75, 3.05) is 23.0 Å². The van der Waals surface area contributed by atoms with Crippen molar-refractivity contribution in [1.82, 2.24) is 24.7 Å². The maximum absolute atomic E-state index is 8.96. The molecule has 4 rings (SSSR count). The number of nitrogens with one attached hydrogen (secondary N) is 2. The standard InChI is InChI=1S/C17H18N8OS/c18-16-17(20-6-11-1-2-13-14(5-11)27-10-21-13)24-15(8-19-16)23-12-7-22-25(9-12)3-4-26/h1-2,5,7-10,26H,3-4,6H2,(H2,18,19)(H2,20,23,24). The highest BCUT2D eigenvalue weighted by atomic mass is 32.1. The van der Waals surface area contributed by atoms with Gasteiger partial charge in [-0.15, -0.1) is 11.3 Å². The molecule has 3 heterocycles. The fourth-order valence-electron chi connectivity index (χ4n) is 2.58. The number of hydrogen-bond acceptors (Lipinski definition) is 9. The van der Waals surface area contributed by atoms with Gasteiger partial charge in [-0.05, 0) is 17.7 Å². The highest BCUT2D eigenvalue weighted by molar-refractivity contribution is 7.16. The molecule has 0 radical (unpaired) electrons. The van der Waals surface area contributed by atoms with Crippen LogP contribution in [-0.4, -0.2) is 36.4 Å². The van der Waals surface area contributed by atoms with Crippen LogP contribution in [0.3, 0.4) is 0 Å². The summed E-state index contributed by atoms with van der Waals surface area (Å²) >= 11 is 1.61. The maximum Gasteiger partial charge on any atom is 0.171 e. The molecular formula is C17H18N8OS. The molecule has 5 N–H and O–H groups in total. The lowest BCUT2D eigenvalue weighted by atomic mass is 10.2. The van der Waals surface area contributed by atoms with Gasteiger partial charge in [0.25, 0.3) is 0 Å². The first-order valence-corrected chi connectivity index (χ1v) is 9.18. The van der Waals surface area contributed by atoms with E-state index in [1.54, 1.807) is 34.6 Å². The molecule has 0 aliphatic rings. The van der Waals surface area contributed by atoms with E-state index in [-0.39, 0.29) is 6.61 Å². The molecule has 0 saturated carbocycles. The summed E-state index contributed by atoms with van der Waals surface area (Å²) < 4.78 is 2.78. The lowest BCUT2D eigenvalue weighted by Crippen LogP contribution is -2.07. The van der Waals surface area contributed by atoms with Crippen LogP contribution in [0.1, 0.15) is 5.56 Å². The summed E-state index contributed by atoms with van der Waals surface area (Å²) in [5.74, 6) is 1.38. The molecule has 9 nitrogen and oxygen atoms in total. The zero-order valence-corrected chi connectivity index (χ0v) is 15.1. The van der Waals surface area contributed by atoms with E-state index < -0.39 is 0 Å². The predicted octanol–water partition coefficient (Wildman–Crippen LogP) is 2.21. The topological polar surface area (TPSA) is 127 Å². The molecule has 138 valence electrons. The maximum atomic E-state index is 8.96. The van der Waals surface area contributed by atoms with Gasteiger partial charge in [0.1, 0.15) is 0 Å². The van der Waals surface area contributed by atoms with Gasteiger partial charge < -0.3 is 21.5 Å². The number of rotatable bonds is 7. The van der Waals surface area contributed by atoms with E-state index in [4.69, 9.17) is 10.8 Å². The number of benzene rings is 1. The van der Waals surface area contributed by atoms with Gasteiger partial charge in [-0.2, -0.15) is 5.10 Å². The molecule has 0 fully saturated rings. The Kier molecular flexibility index (Phi) is 4.81. The Labute approximate surface area is 158 Å². The predicted molar refractivity (Wildman–Crippen MR) is 106 cm³/mol. The molecule has 3 aromatic heterocycles. The smallest absolute Gasteiger partial charge is 0.171 e. The molecular weight excluding hydrogens is 364 g/mol. The van der Waals surface area contributed by atoms with E-state index in [0.29, 0.717) is 30.5 Å². The number of hydrogen-bond donors (Lipinski definition) is 4. The number of aliphatic hydroxyl groups excluding tert-OH is 1. The van der Waals surface area contributed by atoms with Gasteiger partial charge in [0.05, 0.1) is 47.0 Å². The second-order valence-corrected chi connectivity index (χ2v) is 6.72. The van der Waals surface area contributed by atoms with Crippen molar-refractivity contribution < 1.29 is 5.11 Å². The molecule has 4 aromatic rings. The fourth-order valence-corrected chi connectivity index (χ4v) is 3.33. The number of nitrogens with two attached hydrogens (primary N) is 1. The van der Waals surface area contributed by atoms with Crippen LogP contribution in [0, 0.1) is 0 Å². The van der Waals surface area contributed by atoms with Gasteiger partial charge in [0.15, 0.2) is 17.5 Å². The van der Waals surface area contributed by atoms with E-state index >= 15 is 0 Å². The van der Waals surface area contributed by atoms with E-state index in [9.17, 15) is 0 Å². The molecule has 0 amide bonds. The number of fused-ring (bicyclic) bond motifs is 1. The molecule has 10 heteroatoms. The number of aliphatic hydroxyl groups is 1. The lowest BCUT2D eigenvalue weighted by molar-refractivity contribution is 0.269. The molecule has 27 heavy (non-hydrogen) atoms. The van der Waals surface area contributed by atoms with Crippen LogP contribution in [0.15, 0.2) is 42.3 Å². The van der Waals surface area contributed by atoms with Crippen LogP contribution in [0.25, 0.3) is 10.2 Å². The molecule has 0 aliphatic carbocycles. The summed E-state index contributed by atoms with van der Waals surface area (Å²) in [4.78, 5) is 13.0. The summed E-state index contributed by atoms with van der Waals surface area (Å²) in [6.45, 7) is 1.04. The first kappa shape index (κ1) is 17.2. The van der Waals surface area contributed by atoms with Crippen LogP contribution in [0.2, 0.25) is 0 Å². The van der Waals surface area contributed by atoms with Gasteiger partial charge in [-0.25, -0.2) is 15.0 Å². The van der Waals surface area contributed by atoms with Crippen molar-refractivity contribution in [3.05, 3.63) is 47.9 Å². The second-order valence-electron chi connectivity index (χ2n) is 5.84. The van der Waals surface area contributed by atoms with Gasteiger partial charge in [0, 0.05) is 12.7 Å². The van der Waals surface area contributed by atoms with E-state index in [1.165, 1.54) is 0 Å². The first-order chi connectivity index (χ1) is 13.2. The summed E-state index contributed by atoms with van der Waals surface area (Å²) in [7, 11) is 0. The Morgan fingerprint density at radius 2 is 2.15 bits per heavy atom. The zero-order valence-electron chi connectivity index (χ0n) is 14.3. The Morgan fingerprint density at radius 1 is 1.22 bits per heavy atom. The van der Waals surface area contributed by atoms with E-state index in [1.807, 2.05) is 17.6 Å². The minimum Gasteiger partial charge on any atom is -0.394 e. The third kappa shape index (κ3) is 3.96. The second kappa shape index (κ2) is 7.56. The van der Waals surface area contributed by atoms with E-state index in [2.05, 4.69) is 36.8 Å². The van der Waals surface area contributed by atoms with Crippen molar-refractivity contribution >= 4 is 44.7 Å². The Hall–Kier alpha value is -3.24. The molecule has 0 atom stereocenters. The quantitative estimate of drug-likeness (QED) is 0.383. The van der Waals surface area contributed by atoms with Gasteiger partial charge in [-0.3, -0.25) is 4.68 Å². The minimum atomic E-state index is 0.0319. The van der Waals surface area contributed by atoms with Gasteiger partial charge in [0.2, 0.25) is 0 Å². The van der Waals surface area contributed by atoms with Crippen LogP contribution < -0.4 is 16.4 Å². The lowest BCUT2D eigenvalue weighted by Gasteiger charge is -2.10. The Balaban J connectivity index is 1.46. The molecule has 0 spiro atoms. The number of nitrogens with zero attached hydrogens (tertiary/aromatic N) is 5. The van der Waals surface area contributed by atoms with Crippen LogP contribution in [-0.2, 0) is 13.1 Å². The Morgan fingerprint density at radius 3 is 3.04 bits per heavy atom. The SMILES string of the molecule is Nc1ncc(Nc2cnn(CCO)c2)nc1NCc1ccc2ncsc2c1. The highest BCUT2D eigenvalue weighted by Gasteiger charge is 2.07. The number of aromatic nitrogens is 5. The minimum absolute atomic E-state index is 0.0319. The van der Waals surface area contributed by atoms with E-state index in [0.717, 1.165) is 21.5 Å². The molecule has 0 aliphatic heterocycles. The number of anilines is 4. The van der Waals surface area contributed by atoms with Crippen molar-refractivity contribution in [2.24, 2.45) is 0 Å². The summed E-state index contributed by atoms with van der Waals surface area (Å²) in [6.07, 6.45) is 5.00. The molecule has 1 aromatic carbocycles. The summed E-state index contributed by atoms with van der Waals surface area (Å²) in [5.41, 5.74) is 10.6. The van der Waals surface area contributed by atoms with Crippen molar-refractivity contribution in [3.63, 3.8) is 0 Å². The average Bonchev–Trinajstić information content (AvgIpc) is 3.31. The molecule has 0 saturated heterocycles. The molecule has 0 bridgehead atoms. The zero-order chi connectivity index (χ0) is 18.6.